The molecule has 2 heterocycles. The van der Waals surface area contributed by atoms with Crippen molar-refractivity contribution in [3.05, 3.63) is 35.5 Å². The first-order valence-electron chi connectivity index (χ1n) is 6.67. The van der Waals surface area contributed by atoms with Crippen LogP contribution in [0.3, 0.4) is 0 Å². The minimum atomic E-state index is -0.234. The van der Waals surface area contributed by atoms with Crippen molar-refractivity contribution in [1.82, 2.24) is 9.97 Å². The Hall–Kier alpha value is -1.68. The normalized spacial score (nSPS) is 17.2. The molecule has 0 atom stereocenters. The number of hydrogen-bond donors (Lipinski definition) is 1. The summed E-state index contributed by atoms with van der Waals surface area (Å²) >= 11 is 0. The average Bonchev–Trinajstić information content (AvgIpc) is 2.75. The Labute approximate surface area is 112 Å². The molecule has 100 valence electrons. The third-order valence-corrected chi connectivity index (χ3v) is 3.93. The van der Waals surface area contributed by atoms with Gasteiger partial charge < -0.3 is 9.52 Å². The van der Waals surface area contributed by atoms with E-state index in [1.807, 2.05) is 32.0 Å². The lowest BCUT2D eigenvalue weighted by Crippen LogP contribution is -2.40. The number of aryl methyl sites for hydroxylation is 2. The van der Waals surface area contributed by atoms with Crippen LogP contribution >= 0.6 is 0 Å². The van der Waals surface area contributed by atoms with Crippen LogP contribution in [0.5, 0.6) is 0 Å². The van der Waals surface area contributed by atoms with Crippen molar-refractivity contribution in [2.24, 2.45) is 0 Å². The third kappa shape index (κ3) is 2.06. The fourth-order valence-corrected chi connectivity index (χ4v) is 2.56. The second kappa shape index (κ2) is 4.46. The van der Waals surface area contributed by atoms with Crippen LogP contribution in [0.4, 0.5) is 0 Å². The van der Waals surface area contributed by atoms with Crippen molar-refractivity contribution in [3.8, 4) is 11.5 Å². The summed E-state index contributed by atoms with van der Waals surface area (Å²) in [5.74, 6) is 2.38. The Morgan fingerprint density at radius 1 is 1.26 bits per heavy atom. The van der Waals surface area contributed by atoms with Crippen LogP contribution in [0.2, 0.25) is 0 Å². The van der Waals surface area contributed by atoms with Gasteiger partial charge in [-0.15, -0.1) is 0 Å². The zero-order valence-corrected chi connectivity index (χ0v) is 11.3. The van der Waals surface area contributed by atoms with Crippen LogP contribution in [0.25, 0.3) is 11.5 Å². The Balaban J connectivity index is 2.05. The van der Waals surface area contributed by atoms with Gasteiger partial charge in [-0.2, -0.15) is 0 Å². The highest BCUT2D eigenvalue weighted by Gasteiger charge is 2.41. The fraction of sp³-hybridized carbons (Fsp3) is 0.467. The van der Waals surface area contributed by atoms with Crippen LogP contribution in [0, 0.1) is 13.8 Å². The van der Waals surface area contributed by atoms with Crippen molar-refractivity contribution in [3.63, 3.8) is 0 Å². The van der Waals surface area contributed by atoms with Crippen molar-refractivity contribution < 1.29 is 9.52 Å². The highest BCUT2D eigenvalue weighted by molar-refractivity contribution is 5.53. The van der Waals surface area contributed by atoms with Gasteiger partial charge in [0.25, 0.3) is 0 Å². The highest BCUT2D eigenvalue weighted by Crippen LogP contribution is 2.42. The second-order valence-electron chi connectivity index (χ2n) is 5.42. The molecule has 3 rings (SSSR count). The van der Waals surface area contributed by atoms with E-state index >= 15 is 0 Å². The van der Waals surface area contributed by atoms with Crippen molar-refractivity contribution in [1.29, 1.82) is 0 Å². The molecular formula is C15H18N2O2. The average molecular weight is 258 g/mol. The molecular weight excluding hydrogens is 240 g/mol. The lowest BCUT2D eigenvalue weighted by atomic mass is 9.68. The van der Waals surface area contributed by atoms with Gasteiger partial charge in [-0.3, -0.25) is 0 Å². The molecule has 0 aromatic carbocycles. The van der Waals surface area contributed by atoms with Gasteiger partial charge in [0.05, 0.1) is 12.0 Å². The zero-order chi connectivity index (χ0) is 13.5. The predicted octanol–water partition coefficient (Wildman–Crippen LogP) is 2.77. The van der Waals surface area contributed by atoms with E-state index in [2.05, 4.69) is 9.97 Å². The second-order valence-corrected chi connectivity index (χ2v) is 5.42. The number of nitrogens with zero attached hydrogens (tertiary/aromatic N) is 2. The third-order valence-electron chi connectivity index (χ3n) is 3.93. The topological polar surface area (TPSA) is 59.2 Å². The summed E-state index contributed by atoms with van der Waals surface area (Å²) in [6, 6.07) is 5.77. The summed E-state index contributed by atoms with van der Waals surface area (Å²) in [4.78, 5) is 9.14. The van der Waals surface area contributed by atoms with E-state index in [1.54, 1.807) is 0 Å². The fourth-order valence-electron chi connectivity index (χ4n) is 2.56. The number of aromatic nitrogens is 2. The molecule has 4 nitrogen and oxygen atoms in total. The maximum absolute atomic E-state index is 9.64. The van der Waals surface area contributed by atoms with Crippen LogP contribution in [-0.4, -0.2) is 21.7 Å². The molecule has 0 aliphatic heterocycles. The summed E-state index contributed by atoms with van der Waals surface area (Å²) in [5.41, 5.74) is 1.48. The lowest BCUT2D eigenvalue weighted by Gasteiger charge is -2.38. The van der Waals surface area contributed by atoms with Gasteiger partial charge in [-0.05, 0) is 44.9 Å². The lowest BCUT2D eigenvalue weighted by molar-refractivity contribution is 0.112. The number of rotatable bonds is 3. The Bertz CT molecular complexity index is 594. The molecule has 1 N–H and O–H groups in total. The monoisotopic (exact) mass is 258 g/mol. The SMILES string of the molecule is Cc1cc(-c2ccc(C)o2)nc(C2(CO)CCC2)n1. The molecule has 0 bridgehead atoms. The van der Waals surface area contributed by atoms with E-state index in [0.717, 1.165) is 48.0 Å². The van der Waals surface area contributed by atoms with E-state index in [4.69, 9.17) is 4.42 Å². The minimum absolute atomic E-state index is 0.118. The Morgan fingerprint density at radius 3 is 2.58 bits per heavy atom. The largest absolute Gasteiger partial charge is 0.460 e. The van der Waals surface area contributed by atoms with Crippen LogP contribution in [0.15, 0.2) is 22.6 Å². The van der Waals surface area contributed by atoms with Gasteiger partial charge in [0.15, 0.2) is 5.76 Å². The smallest absolute Gasteiger partial charge is 0.152 e. The van der Waals surface area contributed by atoms with Gasteiger partial charge in [0, 0.05) is 5.69 Å². The first kappa shape index (κ1) is 12.4. The zero-order valence-electron chi connectivity index (χ0n) is 11.3. The summed E-state index contributed by atoms with van der Waals surface area (Å²) in [5, 5.41) is 9.64. The van der Waals surface area contributed by atoms with Crippen molar-refractivity contribution in [2.75, 3.05) is 6.61 Å². The van der Waals surface area contributed by atoms with Crippen molar-refractivity contribution >= 4 is 0 Å². The van der Waals surface area contributed by atoms with Gasteiger partial charge >= 0.3 is 0 Å². The van der Waals surface area contributed by atoms with E-state index in [-0.39, 0.29) is 12.0 Å². The molecule has 1 aliphatic carbocycles. The molecule has 19 heavy (non-hydrogen) atoms. The standard InChI is InChI=1S/C15H18N2O2/c1-10-8-12(13-5-4-11(2)19-13)17-14(16-10)15(9-18)6-3-7-15/h4-5,8,18H,3,6-7,9H2,1-2H3. The summed E-state index contributed by atoms with van der Waals surface area (Å²) in [6.07, 6.45) is 3.06. The van der Waals surface area contributed by atoms with Gasteiger partial charge in [-0.25, -0.2) is 9.97 Å². The predicted molar refractivity (Wildman–Crippen MR) is 71.8 cm³/mol. The van der Waals surface area contributed by atoms with Crippen LogP contribution in [0.1, 0.15) is 36.5 Å². The molecule has 0 amide bonds. The molecule has 0 saturated heterocycles. The molecule has 0 radical (unpaired) electrons. The minimum Gasteiger partial charge on any atom is -0.460 e. The summed E-state index contributed by atoms with van der Waals surface area (Å²) < 4.78 is 5.62. The summed E-state index contributed by atoms with van der Waals surface area (Å²) in [6.45, 7) is 3.99. The van der Waals surface area contributed by atoms with Crippen molar-refractivity contribution in [2.45, 2.75) is 38.5 Å². The maximum atomic E-state index is 9.64. The first-order valence-corrected chi connectivity index (χ1v) is 6.67. The maximum Gasteiger partial charge on any atom is 0.152 e. The van der Waals surface area contributed by atoms with Crippen LogP contribution < -0.4 is 0 Å². The Morgan fingerprint density at radius 2 is 2.05 bits per heavy atom. The van der Waals surface area contributed by atoms with Gasteiger partial charge in [-0.1, -0.05) is 6.42 Å². The molecule has 1 aliphatic rings. The molecule has 2 aromatic rings. The quantitative estimate of drug-likeness (QED) is 0.919. The molecule has 1 saturated carbocycles. The molecule has 1 fully saturated rings. The molecule has 0 unspecified atom stereocenters. The molecule has 0 spiro atoms. The Kier molecular flexibility index (Phi) is 2.90. The highest BCUT2D eigenvalue weighted by atomic mass is 16.3. The number of aliphatic hydroxyl groups excluding tert-OH is 1. The number of aliphatic hydroxyl groups is 1. The number of furan rings is 1. The van der Waals surface area contributed by atoms with Gasteiger partial charge in [0.2, 0.25) is 0 Å². The van der Waals surface area contributed by atoms with E-state index < -0.39 is 0 Å². The van der Waals surface area contributed by atoms with E-state index in [9.17, 15) is 5.11 Å². The van der Waals surface area contributed by atoms with E-state index in [0.29, 0.717) is 0 Å². The first-order chi connectivity index (χ1) is 9.13. The molecule has 4 heteroatoms. The number of hydrogen-bond acceptors (Lipinski definition) is 4. The molecule has 2 aromatic heterocycles. The van der Waals surface area contributed by atoms with E-state index in [1.165, 1.54) is 0 Å². The van der Waals surface area contributed by atoms with Crippen LogP contribution in [-0.2, 0) is 5.41 Å². The van der Waals surface area contributed by atoms with Gasteiger partial charge in [0.1, 0.15) is 17.3 Å². The summed E-state index contributed by atoms with van der Waals surface area (Å²) in [7, 11) is 0.